The first-order valence-corrected chi connectivity index (χ1v) is 20.0. The molecule has 7 rings (SSSR count). The number of fused-ring (bicyclic) bond motifs is 1. The van der Waals surface area contributed by atoms with Gasteiger partial charge in [-0.1, -0.05) is 120 Å². The van der Waals surface area contributed by atoms with Crippen LogP contribution in [0.4, 0.5) is 21.2 Å². The highest BCUT2D eigenvalue weighted by Gasteiger charge is 2.30. The highest BCUT2D eigenvalue weighted by atomic mass is 16.6. The van der Waals surface area contributed by atoms with E-state index in [0.717, 1.165) is 33.4 Å². The van der Waals surface area contributed by atoms with Gasteiger partial charge in [0, 0.05) is 24.2 Å². The molecule has 3 heterocycles. The Morgan fingerprint density at radius 2 is 1.11 bits per heavy atom. The predicted octanol–water partition coefficient (Wildman–Crippen LogP) is 8.02. The largest absolute Gasteiger partial charge is 0.445 e. The number of carbonyl (C=O) groups is 2. The zero-order chi connectivity index (χ0) is 44.4. The number of nitrogen functional groups attached to an aromatic ring is 2. The van der Waals surface area contributed by atoms with Gasteiger partial charge in [-0.25, -0.2) is 28.9 Å². The number of aryl methyl sites for hydroxylation is 2. The van der Waals surface area contributed by atoms with Gasteiger partial charge in [0.25, 0.3) is 0 Å². The van der Waals surface area contributed by atoms with E-state index in [2.05, 4.69) is 31.8 Å². The van der Waals surface area contributed by atoms with Crippen molar-refractivity contribution in [2.24, 2.45) is 0 Å². The number of nitriles is 1. The third kappa shape index (κ3) is 10.5. The number of alkyl carbamates (subject to hydrolysis) is 2. The second kappa shape index (κ2) is 19.1. The Labute approximate surface area is 360 Å². The summed E-state index contributed by atoms with van der Waals surface area (Å²) in [6, 6.07) is 36.9. The predicted molar refractivity (Wildman–Crippen MR) is 239 cm³/mol. The monoisotopic (exact) mass is 833 g/mol. The number of aromatic nitrogens is 6. The van der Waals surface area contributed by atoms with Crippen molar-refractivity contribution >= 4 is 34.9 Å². The maximum Gasteiger partial charge on any atom is 0.407 e. The molecule has 0 saturated heterocycles. The second-order valence-corrected chi connectivity index (χ2v) is 16.0. The standard InChI is InChI=1S/C24H26N6O2.C23H25N5O2/c1-16-9-11-18(12-10-16)20-19-21(25)27-15-28-22(19)30(29-20)24(2,3)14-26-23(31)32-13-17-7-5-4-6-8-17;1-16-9-11-18(12-10-16)20-19(13-24)21(25)28(27-20)23(2,3)15-26-22(29)30-14-17-7-5-4-6-8-17/h4-12,15H,13-14H2,1-3H3,(H,26,31)(H2,25,27,28);4-12H,14-15,25H2,1-3H3,(H,26,29). The maximum atomic E-state index is 12.3. The van der Waals surface area contributed by atoms with E-state index in [0.29, 0.717) is 33.8 Å². The SMILES string of the molecule is Cc1ccc(-c2nn(C(C)(C)CNC(=O)OCc3ccccc3)c(N)c2C#N)cc1.Cc1ccc(-c2nn(C(C)(C)CNC(=O)OCc3ccccc3)c3ncnc(N)c23)cc1. The van der Waals surface area contributed by atoms with Crippen LogP contribution in [0.3, 0.4) is 0 Å². The van der Waals surface area contributed by atoms with Gasteiger partial charge in [-0.15, -0.1) is 0 Å². The minimum atomic E-state index is -0.676. The quantitative estimate of drug-likeness (QED) is 0.0925. The summed E-state index contributed by atoms with van der Waals surface area (Å²) in [5, 5.41) is 25.3. The average molecular weight is 834 g/mol. The number of nitrogens with two attached hydrogens (primary N) is 2. The number of hydrogen-bond acceptors (Lipinski definition) is 11. The molecule has 15 heteroatoms. The summed E-state index contributed by atoms with van der Waals surface area (Å²) in [5.74, 6) is 0.625. The Morgan fingerprint density at radius 1 is 0.661 bits per heavy atom. The molecule has 2 amide bonds. The number of benzene rings is 4. The van der Waals surface area contributed by atoms with Crippen molar-refractivity contribution in [3.63, 3.8) is 0 Å². The van der Waals surface area contributed by atoms with E-state index in [4.69, 9.17) is 26.0 Å². The van der Waals surface area contributed by atoms with E-state index >= 15 is 0 Å². The smallest absolute Gasteiger partial charge is 0.407 e. The molecule has 0 aliphatic heterocycles. The lowest BCUT2D eigenvalue weighted by molar-refractivity contribution is 0.134. The fraction of sp³-hybridized carbons (Fsp3) is 0.255. The topological polar surface area (TPSA) is 214 Å². The van der Waals surface area contributed by atoms with E-state index in [1.165, 1.54) is 6.33 Å². The molecule has 0 radical (unpaired) electrons. The lowest BCUT2D eigenvalue weighted by Crippen LogP contribution is -2.42. The summed E-state index contributed by atoms with van der Waals surface area (Å²) < 4.78 is 13.9. The molecule has 0 fully saturated rings. The number of anilines is 2. The Hall–Kier alpha value is -7.73. The van der Waals surface area contributed by atoms with Crippen LogP contribution >= 0.6 is 0 Å². The van der Waals surface area contributed by atoms with Gasteiger partial charge in [0.2, 0.25) is 0 Å². The number of amides is 2. The van der Waals surface area contributed by atoms with Crippen molar-refractivity contribution in [3.05, 3.63) is 143 Å². The van der Waals surface area contributed by atoms with Crippen LogP contribution in [0, 0.1) is 25.2 Å². The number of nitrogens with zero attached hydrogens (tertiary/aromatic N) is 7. The van der Waals surface area contributed by atoms with Gasteiger partial charge < -0.3 is 31.6 Å². The lowest BCUT2D eigenvalue weighted by atomic mass is 10.1. The molecular formula is C47H51N11O4. The van der Waals surface area contributed by atoms with Gasteiger partial charge in [0.15, 0.2) is 5.65 Å². The molecular weight excluding hydrogens is 783 g/mol. The number of hydrogen-bond donors (Lipinski definition) is 4. The molecule has 4 aromatic carbocycles. The molecule has 0 spiro atoms. The average Bonchev–Trinajstić information content (AvgIpc) is 3.85. The van der Waals surface area contributed by atoms with Gasteiger partial charge in [-0.05, 0) is 52.7 Å². The zero-order valence-electron chi connectivity index (χ0n) is 35.7. The fourth-order valence-corrected chi connectivity index (χ4v) is 6.50. The number of rotatable bonds is 12. The molecule has 0 bridgehead atoms. The van der Waals surface area contributed by atoms with Gasteiger partial charge in [-0.3, -0.25) is 0 Å². The van der Waals surface area contributed by atoms with Crippen molar-refractivity contribution < 1.29 is 19.1 Å². The minimum Gasteiger partial charge on any atom is -0.445 e. The minimum absolute atomic E-state index is 0.188. The van der Waals surface area contributed by atoms with E-state index in [-0.39, 0.29) is 32.1 Å². The molecule has 15 nitrogen and oxygen atoms in total. The van der Waals surface area contributed by atoms with Crippen LogP contribution in [-0.4, -0.2) is 54.8 Å². The first-order chi connectivity index (χ1) is 29.7. The Balaban J connectivity index is 0.000000207. The molecule has 6 N–H and O–H groups in total. The molecule has 3 aromatic heterocycles. The molecule has 0 aliphatic rings. The second-order valence-electron chi connectivity index (χ2n) is 16.0. The molecule has 7 aromatic rings. The lowest BCUT2D eigenvalue weighted by Gasteiger charge is -2.26. The Morgan fingerprint density at radius 3 is 1.60 bits per heavy atom. The van der Waals surface area contributed by atoms with Crippen molar-refractivity contribution in [2.45, 2.75) is 65.8 Å². The van der Waals surface area contributed by atoms with Crippen molar-refractivity contribution in [1.82, 2.24) is 40.2 Å². The summed E-state index contributed by atoms with van der Waals surface area (Å²) in [4.78, 5) is 33.0. The van der Waals surface area contributed by atoms with E-state index in [9.17, 15) is 14.9 Å². The van der Waals surface area contributed by atoms with E-state index in [1.54, 1.807) is 9.36 Å². The number of nitrogens with one attached hydrogen (secondary N) is 2. The third-order valence-electron chi connectivity index (χ3n) is 10.1. The summed E-state index contributed by atoms with van der Waals surface area (Å²) in [6.07, 6.45) is 0.398. The zero-order valence-corrected chi connectivity index (χ0v) is 35.7. The van der Waals surface area contributed by atoms with E-state index < -0.39 is 23.3 Å². The van der Waals surface area contributed by atoms with Crippen LogP contribution in [0.25, 0.3) is 33.5 Å². The Kier molecular flexibility index (Phi) is 13.5. The molecule has 0 unspecified atom stereocenters. The van der Waals surface area contributed by atoms with E-state index in [1.807, 2.05) is 151 Å². The molecule has 318 valence electrons. The van der Waals surface area contributed by atoms with Crippen LogP contribution in [0.5, 0.6) is 0 Å². The summed E-state index contributed by atoms with van der Waals surface area (Å²) in [5.41, 5.74) is 19.2. The van der Waals surface area contributed by atoms with Crippen LogP contribution in [0.15, 0.2) is 116 Å². The maximum absolute atomic E-state index is 12.3. The Bertz CT molecular complexity index is 2670. The first kappa shape index (κ1) is 43.8. The molecule has 0 atom stereocenters. The summed E-state index contributed by atoms with van der Waals surface area (Å²) in [6.45, 7) is 12.6. The highest BCUT2D eigenvalue weighted by Crippen LogP contribution is 2.33. The van der Waals surface area contributed by atoms with Crippen molar-refractivity contribution in [2.75, 3.05) is 24.6 Å². The van der Waals surface area contributed by atoms with Gasteiger partial charge in [0.1, 0.15) is 54.2 Å². The van der Waals surface area contributed by atoms with Crippen LogP contribution in [0.2, 0.25) is 0 Å². The number of ether oxygens (including phenoxy) is 2. The number of carbonyl (C=O) groups excluding carboxylic acids is 2. The van der Waals surface area contributed by atoms with Crippen LogP contribution < -0.4 is 22.1 Å². The molecule has 0 aliphatic carbocycles. The van der Waals surface area contributed by atoms with Crippen molar-refractivity contribution in [1.29, 1.82) is 5.26 Å². The molecule has 62 heavy (non-hydrogen) atoms. The fourth-order valence-electron chi connectivity index (χ4n) is 6.50. The normalized spacial score (nSPS) is 11.2. The van der Waals surface area contributed by atoms with Gasteiger partial charge in [0.05, 0.1) is 16.5 Å². The third-order valence-corrected chi connectivity index (χ3v) is 10.1. The van der Waals surface area contributed by atoms with Gasteiger partial charge in [-0.2, -0.15) is 15.5 Å². The van der Waals surface area contributed by atoms with Crippen LogP contribution in [0.1, 0.15) is 55.5 Å². The van der Waals surface area contributed by atoms with Gasteiger partial charge >= 0.3 is 12.2 Å². The summed E-state index contributed by atoms with van der Waals surface area (Å²) >= 11 is 0. The summed E-state index contributed by atoms with van der Waals surface area (Å²) in [7, 11) is 0. The van der Waals surface area contributed by atoms with Crippen LogP contribution in [-0.2, 0) is 33.8 Å². The first-order valence-electron chi connectivity index (χ1n) is 20.0. The molecule has 0 saturated carbocycles. The van der Waals surface area contributed by atoms with Crippen molar-refractivity contribution in [3.8, 4) is 28.6 Å². The highest BCUT2D eigenvalue weighted by molar-refractivity contribution is 5.98.